The Kier molecular flexibility index (Phi) is 77.0. The number of carbonyl (C=O) groups excluding carboxylic acids is 2. The van der Waals surface area contributed by atoms with E-state index in [4.69, 9.17) is 20.4 Å². The fourth-order valence-corrected chi connectivity index (χ4v) is 12.0. The van der Waals surface area contributed by atoms with Crippen LogP contribution in [0.15, 0.2) is 124 Å². The Morgan fingerprint density at radius 3 is 0.982 bits per heavy atom. The summed E-state index contributed by atoms with van der Waals surface area (Å²) in [6, 6.07) is 12.6. The zero-order valence-electron chi connectivity index (χ0n) is 66.7. The molecule has 0 radical (unpaired) electrons. The molecule has 0 saturated carbocycles. The van der Waals surface area contributed by atoms with Gasteiger partial charge < -0.3 is 167 Å². The van der Waals surface area contributed by atoms with Gasteiger partial charge in [0.2, 0.25) is 31.0 Å². The lowest BCUT2D eigenvalue weighted by Crippen LogP contribution is -3.00. The number of aliphatic carboxylic acids is 4. The van der Waals surface area contributed by atoms with Gasteiger partial charge in [-0.15, -0.1) is 0 Å². The Hall–Kier alpha value is -4.17. The molecule has 1 aliphatic rings. The predicted octanol–water partition coefficient (Wildman–Crippen LogP) is -4.41. The fourth-order valence-electron chi connectivity index (χ4n) is 12.0. The largest absolute Gasteiger partial charge is 1.00 e. The maximum atomic E-state index is 10.8. The summed E-state index contributed by atoms with van der Waals surface area (Å²) < 4.78 is 30.6. The van der Waals surface area contributed by atoms with E-state index in [2.05, 4.69) is 179 Å². The van der Waals surface area contributed by atoms with Gasteiger partial charge in [0, 0.05) is 56.4 Å². The summed E-state index contributed by atoms with van der Waals surface area (Å²) >= 11 is 0. The molecule has 6 aromatic rings. The van der Waals surface area contributed by atoms with Crippen molar-refractivity contribution in [1.29, 1.82) is 0 Å². The maximum Gasteiger partial charge on any atom is 0.309 e. The topological polar surface area (TPSA) is 244 Å². The molecule has 0 unspecified atom stereocenters. The van der Waals surface area contributed by atoms with Crippen molar-refractivity contribution in [2.45, 2.75) is 284 Å². The van der Waals surface area contributed by atoms with Gasteiger partial charge in [0.15, 0.2) is 24.7 Å². The minimum absolute atomic E-state index is 0. The Labute approximate surface area is 748 Å². The first-order chi connectivity index (χ1) is 49.6. The summed E-state index contributed by atoms with van der Waals surface area (Å²) in [6.07, 6.45) is 64.8. The number of imidazole rings is 4. The molecule has 6 heterocycles. The molecule has 0 saturated heterocycles. The molecular formula is C81H134BrI5N10O12. The Morgan fingerprint density at radius 2 is 0.688 bits per heavy atom. The van der Waals surface area contributed by atoms with E-state index >= 15 is 0 Å². The number of aryl methyl sites for hydroxylation is 10. The Morgan fingerprint density at radius 1 is 0.394 bits per heavy atom. The highest BCUT2D eigenvalue weighted by molar-refractivity contribution is 5.93. The van der Waals surface area contributed by atoms with Crippen LogP contribution in [0.3, 0.4) is 0 Å². The zero-order chi connectivity index (χ0) is 75.6. The number of pyridine rings is 1. The van der Waals surface area contributed by atoms with Gasteiger partial charge in [0.05, 0.1) is 73.0 Å². The van der Waals surface area contributed by atoms with E-state index in [0.29, 0.717) is 52.0 Å². The second-order valence-electron chi connectivity index (χ2n) is 27.9. The van der Waals surface area contributed by atoms with Crippen LogP contribution in [0.4, 0.5) is 5.69 Å². The van der Waals surface area contributed by atoms with E-state index in [1.54, 1.807) is 0 Å². The van der Waals surface area contributed by atoms with E-state index < -0.39 is 23.9 Å². The second-order valence-corrected chi connectivity index (χ2v) is 27.9. The summed E-state index contributed by atoms with van der Waals surface area (Å²) in [7, 11) is 8.11. The molecule has 0 fully saturated rings. The molecule has 0 atom stereocenters. The number of carboxylic acid groups (broad SMARTS) is 4. The standard InChI is InChI=1S/C16H25NO2.C15H19NO2.C14H25N2O2.C13H22N2O2.C12H21N2O2.C11H18N2O2.BrH.5HI/c18-16(19)12-8-5-3-1-2-4-6-9-13-17-14-10-7-11-15-17;1-10-5-6-13-12(9-10)15(3,4)11(2)16(13)8-7-14(17)18;1-15-10-11-16(13-15)9-7-5-3-2-4-6-8-12-18-14-17;1-14-10-11-15(12-14)9-7-5-3-2-4-6-8-13(16)17;1-13-8-9-14(11-13)7-5-3-2-4-6-10-16-12-15;1-12-8-9-13(10-12)7-5-3-2-4-6-11(14)15;;;;;;/h7,10-11,14-15H,1-6,8-9,12-13H2;5-6,9H,7-8H2,1-4H3;10-11,13-14H,2-9,12H2,1H3;10-12H,2-9H2,1H3;8-9,11-12H,2-7,10H2,1H3;8-10H,2-7H2,1H3;6*1H/q;;+1;;+1;;;;;;;/p-2. The normalized spacial score (nSPS) is 11.0. The van der Waals surface area contributed by atoms with Gasteiger partial charge in [-0.1, -0.05) is 114 Å². The quantitative estimate of drug-likeness (QED) is 0.0123. The third kappa shape index (κ3) is 61.0. The first kappa shape index (κ1) is 113. The molecular weight excluding hydrogens is 2020 g/mol. The van der Waals surface area contributed by atoms with Crippen molar-refractivity contribution in [2.24, 2.45) is 28.2 Å². The molecule has 0 spiro atoms. The highest BCUT2D eigenvalue weighted by atomic mass is 127. The van der Waals surface area contributed by atoms with Crippen molar-refractivity contribution in [2.75, 3.05) is 19.8 Å². The van der Waals surface area contributed by atoms with Gasteiger partial charge in [-0.25, -0.2) is 41.1 Å². The summed E-state index contributed by atoms with van der Waals surface area (Å²) in [5.74, 6) is -2.78. The smallest absolute Gasteiger partial charge is 0.309 e. The number of nitrogens with zero attached hydrogens (tertiary/aromatic N) is 10. The van der Waals surface area contributed by atoms with Crippen LogP contribution in [-0.2, 0) is 105 Å². The number of rotatable bonds is 50. The Balaban J connectivity index is -0.000000393. The molecule has 1 aliphatic heterocycles. The van der Waals surface area contributed by atoms with Crippen LogP contribution in [0.25, 0.3) is 0 Å². The third-order valence-corrected chi connectivity index (χ3v) is 18.2. The third-order valence-electron chi connectivity index (χ3n) is 18.2. The molecule has 0 amide bonds. The molecule has 5 aromatic heterocycles. The van der Waals surface area contributed by atoms with Crippen LogP contribution in [0.1, 0.15) is 250 Å². The van der Waals surface area contributed by atoms with Crippen LogP contribution in [-0.4, -0.2) is 106 Å². The van der Waals surface area contributed by atoms with Crippen LogP contribution in [0.5, 0.6) is 0 Å². The van der Waals surface area contributed by atoms with Gasteiger partial charge in [-0.2, -0.15) is 4.58 Å². The lowest BCUT2D eigenvalue weighted by atomic mass is 9.82. The van der Waals surface area contributed by atoms with E-state index in [9.17, 15) is 28.8 Å². The van der Waals surface area contributed by atoms with Crippen molar-refractivity contribution in [3.63, 3.8) is 0 Å². The van der Waals surface area contributed by atoms with E-state index in [0.717, 1.165) is 115 Å². The SMILES string of the molecule is CC1=[N+](CCC(=O)O)c2ccc(C)cc2C1(C)C.C[n+]1ccn(CCCCCCC(=O)O)c1.C[n+]1ccn(CCCCCCCCC(=O)O)c1.C[n+]1ccn(CCCCCCCCCOC=O)c1.C[n+]1ccn(CCCCCCCOC=O)c1.O=C(O)CCCCCCCCCC[n+]1ccccc1.[Br-].[I-].[I-].[I-].[I-].[I-]. The summed E-state index contributed by atoms with van der Waals surface area (Å²) in [6.45, 7) is 16.7. The minimum Gasteiger partial charge on any atom is -1.00 e. The lowest BCUT2D eigenvalue weighted by molar-refractivity contribution is -0.697. The molecule has 622 valence electrons. The van der Waals surface area contributed by atoms with Gasteiger partial charge in [0.25, 0.3) is 12.9 Å². The van der Waals surface area contributed by atoms with Gasteiger partial charge in [-0.05, 0) is 117 Å². The van der Waals surface area contributed by atoms with Crippen molar-refractivity contribution < 1.29 is 223 Å². The average Bonchev–Trinajstić information content (AvgIpc) is 1.60. The molecule has 0 aliphatic carbocycles. The minimum atomic E-state index is -0.749. The molecule has 22 nitrogen and oxygen atoms in total. The van der Waals surface area contributed by atoms with Crippen molar-refractivity contribution >= 4 is 48.2 Å². The lowest BCUT2D eigenvalue weighted by Gasteiger charge is -2.15. The van der Waals surface area contributed by atoms with E-state index in [1.165, 1.54) is 132 Å². The highest BCUT2D eigenvalue weighted by Gasteiger charge is 2.43. The molecule has 0 bridgehead atoms. The number of ether oxygens (including phenoxy) is 2. The van der Waals surface area contributed by atoms with Crippen LogP contribution >= 0.6 is 0 Å². The number of fused-ring (bicyclic) bond motifs is 1. The van der Waals surface area contributed by atoms with Crippen molar-refractivity contribution in [3.8, 4) is 0 Å². The van der Waals surface area contributed by atoms with E-state index in [-0.39, 0.29) is 149 Å². The number of unbranched alkanes of at least 4 members (excludes halogenated alkanes) is 25. The molecule has 109 heavy (non-hydrogen) atoms. The first-order valence-electron chi connectivity index (χ1n) is 38.3. The van der Waals surface area contributed by atoms with Crippen molar-refractivity contribution in [1.82, 2.24) is 18.3 Å². The predicted molar refractivity (Wildman–Crippen MR) is 400 cm³/mol. The molecule has 28 heteroatoms. The number of aromatic nitrogens is 9. The van der Waals surface area contributed by atoms with Crippen LogP contribution in [0.2, 0.25) is 0 Å². The monoisotopic (exact) mass is 2150 g/mol. The van der Waals surface area contributed by atoms with Gasteiger partial charge in [0.1, 0.15) is 62.5 Å². The van der Waals surface area contributed by atoms with Crippen molar-refractivity contribution in [3.05, 3.63) is 135 Å². The second kappa shape index (κ2) is 74.0. The average molecular weight is 2150 g/mol. The zero-order valence-corrected chi connectivity index (χ0v) is 79.1. The maximum absolute atomic E-state index is 10.8. The number of carboxylic acids is 4. The first-order valence-corrected chi connectivity index (χ1v) is 38.3. The fraction of sp³-hybridized carbons (Fsp3) is 0.630. The van der Waals surface area contributed by atoms with Gasteiger partial charge >= 0.3 is 23.9 Å². The summed E-state index contributed by atoms with van der Waals surface area (Å²) in [5.41, 5.74) is 4.91. The highest BCUT2D eigenvalue weighted by Crippen LogP contribution is 2.40. The number of hydrogen-bond donors (Lipinski definition) is 4. The summed E-state index contributed by atoms with van der Waals surface area (Å²) in [5, 5.41) is 34.3. The van der Waals surface area contributed by atoms with Crippen LogP contribution in [0, 0.1) is 6.92 Å². The number of benzene rings is 1. The number of carbonyl (C=O) groups is 6. The Bertz CT molecular complexity index is 3260. The summed E-state index contributed by atoms with van der Waals surface area (Å²) in [4.78, 5) is 61.4. The molecule has 7 rings (SSSR count). The van der Waals surface area contributed by atoms with Crippen LogP contribution < -0.4 is 160 Å². The molecule has 1 aromatic carbocycles. The number of halogens is 6. The van der Waals surface area contributed by atoms with E-state index in [1.807, 2.05) is 55.8 Å². The molecule has 4 N–H and O–H groups in total. The van der Waals surface area contributed by atoms with Gasteiger partial charge in [-0.3, -0.25) is 28.8 Å². The number of hydrogen-bond acceptors (Lipinski definition) is 8.